The molecule has 1 fully saturated rings. The van der Waals surface area contributed by atoms with Crippen molar-refractivity contribution in [3.05, 3.63) is 92.1 Å². The van der Waals surface area contributed by atoms with Gasteiger partial charge < -0.3 is 20.1 Å². The van der Waals surface area contributed by atoms with Crippen LogP contribution in [0.25, 0.3) is 27.6 Å². The number of carbonyl (C=O) groups excluding carboxylic acids is 1. The van der Waals surface area contributed by atoms with E-state index in [-0.39, 0.29) is 47.5 Å². The number of fused-ring (bicyclic) bond motifs is 2. The number of aryl methyl sites for hydroxylation is 3. The number of carbonyl (C=O) groups is 2. The summed E-state index contributed by atoms with van der Waals surface area (Å²) in [6.07, 6.45) is -2.12. The van der Waals surface area contributed by atoms with Gasteiger partial charge in [0.15, 0.2) is 5.52 Å². The number of nitrogens with zero attached hydrogens (tertiary/aromatic N) is 6. The number of carboxylic acids is 1. The van der Waals surface area contributed by atoms with Crippen molar-refractivity contribution in [2.75, 3.05) is 24.7 Å². The zero-order valence-electron chi connectivity index (χ0n) is 26.3. The van der Waals surface area contributed by atoms with Gasteiger partial charge in [-0.2, -0.15) is 18.3 Å². The van der Waals surface area contributed by atoms with Gasteiger partial charge in [0.05, 0.1) is 41.7 Å². The monoisotopic (exact) mass is 683 g/mol. The number of halogens is 4. The molecule has 1 saturated heterocycles. The summed E-state index contributed by atoms with van der Waals surface area (Å²) >= 11 is 0. The third-order valence-electron chi connectivity index (χ3n) is 8.61. The first-order valence-electron chi connectivity index (χ1n) is 14.9. The summed E-state index contributed by atoms with van der Waals surface area (Å²) in [5, 5.41) is 16.8. The van der Waals surface area contributed by atoms with Crippen LogP contribution in [0.5, 0.6) is 0 Å². The lowest BCUT2D eigenvalue weighted by Gasteiger charge is -2.38. The maximum atomic E-state index is 15.4. The number of anilines is 1. The molecule has 3 aromatic heterocycles. The summed E-state index contributed by atoms with van der Waals surface area (Å²) < 4.78 is 64.8. The Labute approximate surface area is 273 Å². The molecule has 0 aliphatic carbocycles. The number of alkyl halides is 3. The molecule has 0 bridgehead atoms. The fourth-order valence-corrected chi connectivity index (χ4v) is 6.17. The SMILES string of the molecule is Cc1cc(N2CCOC[C@@H]2C(F)(F)F)cc(F)c1C(=O)N[C@@H](Cc1ccc(-n2c(=O)c3c(cnn3C)n(C)c2=O)c2ncccc12)C(=O)O. The van der Waals surface area contributed by atoms with Gasteiger partial charge in [-0.05, 0) is 42.3 Å². The Kier molecular flexibility index (Phi) is 8.48. The Hall–Kier alpha value is -5.58. The van der Waals surface area contributed by atoms with E-state index in [0.29, 0.717) is 16.5 Å². The molecule has 6 rings (SSSR count). The van der Waals surface area contributed by atoms with Gasteiger partial charge in [0.25, 0.3) is 11.5 Å². The molecule has 256 valence electrons. The Morgan fingerprint density at radius 3 is 2.61 bits per heavy atom. The van der Waals surface area contributed by atoms with Gasteiger partial charge in [-0.3, -0.25) is 23.8 Å². The smallest absolute Gasteiger partial charge is 0.411 e. The summed E-state index contributed by atoms with van der Waals surface area (Å²) in [4.78, 5) is 57.9. The molecule has 5 aromatic rings. The van der Waals surface area contributed by atoms with E-state index in [1.807, 2.05) is 0 Å². The van der Waals surface area contributed by atoms with Crippen molar-refractivity contribution in [3.8, 4) is 5.69 Å². The normalized spacial score (nSPS) is 15.9. The Morgan fingerprint density at radius 1 is 1.16 bits per heavy atom. The molecule has 2 atom stereocenters. The summed E-state index contributed by atoms with van der Waals surface area (Å²) in [6, 6.07) is 4.59. The minimum Gasteiger partial charge on any atom is -0.480 e. The lowest BCUT2D eigenvalue weighted by atomic mass is 9.99. The molecule has 17 heteroatoms. The highest BCUT2D eigenvalue weighted by Gasteiger charge is 2.45. The van der Waals surface area contributed by atoms with Crippen molar-refractivity contribution in [1.29, 1.82) is 0 Å². The van der Waals surface area contributed by atoms with E-state index in [2.05, 4.69) is 15.4 Å². The van der Waals surface area contributed by atoms with E-state index in [1.165, 1.54) is 53.8 Å². The molecule has 1 aliphatic heterocycles. The third kappa shape index (κ3) is 5.90. The standard InChI is InChI=1S/C32H29F4N7O6/c1-16-11-18(42-9-10-49-15-24(42)32(34,35)36)13-20(33)25(16)28(44)39-21(30(46)47)12-17-6-7-22(26-19(17)5-4-8-37-26)43-29(45)27-23(14-38-41(27)3)40(2)31(43)48/h4-8,11,13-14,21,24H,9-10,12,15H2,1-3H3,(H,39,44)(H,46,47)/t21-,24+/m0/s1. The number of amides is 1. The fourth-order valence-electron chi connectivity index (χ4n) is 6.17. The Bertz CT molecular complexity index is 2240. The number of aromatic nitrogens is 5. The predicted octanol–water partition coefficient (Wildman–Crippen LogP) is 2.61. The molecule has 13 nitrogen and oxygen atoms in total. The second kappa shape index (κ2) is 12.5. The molecular weight excluding hydrogens is 654 g/mol. The van der Waals surface area contributed by atoms with Crippen LogP contribution < -0.4 is 21.5 Å². The topological polar surface area (TPSA) is 154 Å². The van der Waals surface area contributed by atoms with Gasteiger partial charge in [0.2, 0.25) is 0 Å². The fraction of sp³-hybridized carbons (Fsp3) is 0.312. The van der Waals surface area contributed by atoms with Crippen LogP contribution in [-0.4, -0.2) is 78.9 Å². The van der Waals surface area contributed by atoms with Gasteiger partial charge >= 0.3 is 17.8 Å². The number of pyridine rings is 1. The van der Waals surface area contributed by atoms with E-state index < -0.39 is 59.4 Å². The quantitative estimate of drug-likeness (QED) is 0.247. The number of aliphatic carboxylic acids is 1. The highest BCUT2D eigenvalue weighted by atomic mass is 19.4. The van der Waals surface area contributed by atoms with E-state index in [0.717, 1.165) is 15.5 Å². The number of nitrogens with one attached hydrogen (secondary N) is 1. The van der Waals surface area contributed by atoms with Gasteiger partial charge in [-0.15, -0.1) is 0 Å². The number of carboxylic acid groups (broad SMARTS) is 1. The van der Waals surface area contributed by atoms with Crippen LogP contribution in [0.2, 0.25) is 0 Å². The zero-order chi connectivity index (χ0) is 35.4. The van der Waals surface area contributed by atoms with Gasteiger partial charge in [-0.1, -0.05) is 12.1 Å². The van der Waals surface area contributed by atoms with Crippen LogP contribution in [0, 0.1) is 12.7 Å². The van der Waals surface area contributed by atoms with Gasteiger partial charge in [0, 0.05) is 44.3 Å². The first-order valence-corrected chi connectivity index (χ1v) is 14.9. The maximum absolute atomic E-state index is 15.4. The molecule has 49 heavy (non-hydrogen) atoms. The van der Waals surface area contributed by atoms with Crippen LogP contribution in [0.3, 0.4) is 0 Å². The second-order valence-electron chi connectivity index (χ2n) is 11.6. The van der Waals surface area contributed by atoms with Crippen LogP contribution in [-0.2, 0) is 30.0 Å². The minimum atomic E-state index is -4.65. The number of hydrogen-bond acceptors (Lipinski definition) is 8. The van der Waals surface area contributed by atoms with Crippen molar-refractivity contribution in [1.82, 2.24) is 29.2 Å². The summed E-state index contributed by atoms with van der Waals surface area (Å²) in [6.45, 7) is 0.546. The molecule has 1 aliphatic rings. The second-order valence-corrected chi connectivity index (χ2v) is 11.6. The lowest BCUT2D eigenvalue weighted by molar-refractivity contribution is -0.167. The van der Waals surface area contributed by atoms with Crippen LogP contribution in [0.4, 0.5) is 23.2 Å². The zero-order valence-corrected chi connectivity index (χ0v) is 26.3. The summed E-state index contributed by atoms with van der Waals surface area (Å²) in [5.74, 6) is -3.65. The van der Waals surface area contributed by atoms with Crippen molar-refractivity contribution >= 4 is 39.5 Å². The first-order chi connectivity index (χ1) is 23.2. The molecule has 0 unspecified atom stereocenters. The largest absolute Gasteiger partial charge is 0.480 e. The average molecular weight is 684 g/mol. The molecule has 1 amide bonds. The van der Waals surface area contributed by atoms with E-state index in [9.17, 15) is 37.5 Å². The van der Waals surface area contributed by atoms with Crippen LogP contribution in [0.1, 0.15) is 21.5 Å². The molecule has 2 aromatic carbocycles. The molecule has 0 saturated carbocycles. The number of hydrogen-bond donors (Lipinski definition) is 2. The van der Waals surface area contributed by atoms with Crippen molar-refractivity contribution < 1.29 is 37.0 Å². The third-order valence-corrected chi connectivity index (χ3v) is 8.61. The molecular formula is C32H29F4N7O6. The average Bonchev–Trinajstić information content (AvgIpc) is 3.45. The highest BCUT2D eigenvalue weighted by Crippen LogP contribution is 2.33. The Morgan fingerprint density at radius 2 is 1.92 bits per heavy atom. The van der Waals surface area contributed by atoms with Gasteiger partial charge in [0.1, 0.15) is 17.9 Å². The van der Waals surface area contributed by atoms with E-state index in [4.69, 9.17) is 4.74 Å². The minimum absolute atomic E-state index is 0.000437. The number of ether oxygens (including phenoxy) is 1. The number of benzene rings is 2. The lowest BCUT2D eigenvalue weighted by Crippen LogP contribution is -2.53. The van der Waals surface area contributed by atoms with Crippen molar-refractivity contribution in [2.24, 2.45) is 14.1 Å². The first kappa shape index (κ1) is 33.3. The summed E-state index contributed by atoms with van der Waals surface area (Å²) in [5.41, 5.74) is -0.698. The molecule has 0 spiro atoms. The summed E-state index contributed by atoms with van der Waals surface area (Å²) in [7, 11) is 3.06. The molecule has 4 heterocycles. The van der Waals surface area contributed by atoms with Crippen molar-refractivity contribution in [3.63, 3.8) is 0 Å². The number of morpholine rings is 1. The maximum Gasteiger partial charge on any atom is 0.411 e. The predicted molar refractivity (Wildman–Crippen MR) is 169 cm³/mol. The Balaban J connectivity index is 1.32. The van der Waals surface area contributed by atoms with Crippen molar-refractivity contribution in [2.45, 2.75) is 31.6 Å². The van der Waals surface area contributed by atoms with Crippen LogP contribution in [0.15, 0.2) is 58.4 Å². The van der Waals surface area contributed by atoms with E-state index in [1.54, 1.807) is 19.2 Å². The van der Waals surface area contributed by atoms with Gasteiger partial charge in [-0.25, -0.2) is 18.5 Å². The van der Waals surface area contributed by atoms with Crippen LogP contribution >= 0.6 is 0 Å². The molecule has 0 radical (unpaired) electrons. The van der Waals surface area contributed by atoms with E-state index >= 15 is 4.39 Å². The number of rotatable bonds is 7. The highest BCUT2D eigenvalue weighted by molar-refractivity contribution is 5.99. The molecule has 2 N–H and O–H groups in total.